The molecule has 0 saturated heterocycles. The highest BCUT2D eigenvalue weighted by Gasteiger charge is 2.11. The molecule has 19 heavy (non-hydrogen) atoms. The van der Waals surface area contributed by atoms with Gasteiger partial charge >= 0.3 is 0 Å². The minimum Gasteiger partial charge on any atom is -0.496 e. The van der Waals surface area contributed by atoms with Crippen molar-refractivity contribution in [3.8, 4) is 17.0 Å². The predicted octanol–water partition coefficient (Wildman–Crippen LogP) is 2.42. The summed E-state index contributed by atoms with van der Waals surface area (Å²) in [6.07, 6.45) is 0.315. The second-order valence-corrected chi connectivity index (χ2v) is 5.12. The first-order chi connectivity index (χ1) is 9.13. The first-order valence-electron chi connectivity index (χ1n) is 5.94. The fourth-order valence-electron chi connectivity index (χ4n) is 1.75. The third kappa shape index (κ3) is 3.12. The molecule has 2 aromatic rings. The Labute approximate surface area is 116 Å². The van der Waals surface area contributed by atoms with Crippen LogP contribution in [0.1, 0.15) is 10.6 Å². The third-order valence-electron chi connectivity index (χ3n) is 2.78. The van der Waals surface area contributed by atoms with E-state index in [0.29, 0.717) is 6.42 Å². The van der Waals surface area contributed by atoms with Gasteiger partial charge in [-0.15, -0.1) is 11.3 Å². The number of likely N-dealkylation sites (N-methyl/N-ethyl adjacent to an activating group) is 1. The minimum atomic E-state index is -0.0308. The van der Waals surface area contributed by atoms with Crippen molar-refractivity contribution >= 4 is 17.2 Å². The molecule has 0 spiro atoms. The molecule has 5 heteroatoms. The molecule has 4 nitrogen and oxygen atoms in total. The van der Waals surface area contributed by atoms with Gasteiger partial charge in [-0.25, -0.2) is 4.98 Å². The van der Waals surface area contributed by atoms with Gasteiger partial charge in [0.1, 0.15) is 10.8 Å². The Morgan fingerprint density at radius 3 is 2.95 bits per heavy atom. The van der Waals surface area contributed by atoms with Crippen LogP contribution in [0.2, 0.25) is 0 Å². The Morgan fingerprint density at radius 1 is 1.47 bits per heavy atom. The van der Waals surface area contributed by atoms with E-state index >= 15 is 0 Å². The van der Waals surface area contributed by atoms with Gasteiger partial charge in [0.05, 0.1) is 19.2 Å². The summed E-state index contributed by atoms with van der Waals surface area (Å²) in [7, 11) is 3.27. The van der Waals surface area contributed by atoms with Crippen LogP contribution < -0.4 is 10.1 Å². The first-order valence-corrected chi connectivity index (χ1v) is 6.82. The molecule has 2 rings (SSSR count). The fraction of sp³-hybridized carbons (Fsp3) is 0.286. The van der Waals surface area contributed by atoms with Crippen LogP contribution in [0.15, 0.2) is 23.6 Å². The highest BCUT2D eigenvalue weighted by molar-refractivity contribution is 7.10. The molecule has 1 aromatic heterocycles. The van der Waals surface area contributed by atoms with Gasteiger partial charge in [0, 0.05) is 18.0 Å². The number of rotatable bonds is 4. The molecule has 0 unspecified atom stereocenters. The van der Waals surface area contributed by atoms with E-state index in [2.05, 4.69) is 10.3 Å². The molecule has 0 bridgehead atoms. The van der Waals surface area contributed by atoms with Crippen molar-refractivity contribution in [1.29, 1.82) is 0 Å². The number of amides is 1. The van der Waals surface area contributed by atoms with Crippen molar-refractivity contribution in [3.63, 3.8) is 0 Å². The first kappa shape index (κ1) is 13.5. The topological polar surface area (TPSA) is 51.2 Å². The van der Waals surface area contributed by atoms with Crippen LogP contribution >= 0.6 is 11.3 Å². The van der Waals surface area contributed by atoms with Crippen LogP contribution in [0.4, 0.5) is 0 Å². The molecule has 1 heterocycles. The number of ether oxygens (including phenoxy) is 1. The van der Waals surface area contributed by atoms with Gasteiger partial charge in [0.15, 0.2) is 0 Å². The zero-order valence-corrected chi connectivity index (χ0v) is 12.0. The van der Waals surface area contributed by atoms with E-state index in [1.807, 2.05) is 30.5 Å². The Kier molecular flexibility index (Phi) is 4.16. The zero-order valence-electron chi connectivity index (χ0n) is 11.2. The summed E-state index contributed by atoms with van der Waals surface area (Å²) in [6, 6.07) is 6.00. The standard InChI is InChI=1S/C14H16N2O2S/c1-9-4-5-10(12(6-9)18-3)11-8-19-14(16-11)7-13(17)15-2/h4-6,8H,7H2,1-3H3,(H,15,17). The minimum absolute atomic E-state index is 0.0308. The van der Waals surface area contributed by atoms with Crippen LogP contribution in [0, 0.1) is 6.92 Å². The molecule has 1 N–H and O–H groups in total. The maximum absolute atomic E-state index is 11.3. The molecule has 0 radical (unpaired) electrons. The summed E-state index contributed by atoms with van der Waals surface area (Å²) in [5.74, 6) is 0.772. The number of benzene rings is 1. The van der Waals surface area contributed by atoms with Crippen molar-refractivity contribution in [1.82, 2.24) is 10.3 Å². The molecule has 1 amide bonds. The number of aryl methyl sites for hydroxylation is 1. The number of carbonyl (C=O) groups is 1. The van der Waals surface area contributed by atoms with Gasteiger partial charge in [-0.1, -0.05) is 6.07 Å². The van der Waals surface area contributed by atoms with Crippen LogP contribution in [0.3, 0.4) is 0 Å². The number of thiazole rings is 1. The quantitative estimate of drug-likeness (QED) is 0.933. The third-order valence-corrected chi connectivity index (χ3v) is 3.62. The van der Waals surface area contributed by atoms with Crippen molar-refractivity contribution < 1.29 is 9.53 Å². The van der Waals surface area contributed by atoms with Crippen LogP contribution in [-0.2, 0) is 11.2 Å². The van der Waals surface area contributed by atoms with E-state index in [0.717, 1.165) is 27.6 Å². The number of carbonyl (C=O) groups excluding carboxylic acids is 1. The van der Waals surface area contributed by atoms with Crippen molar-refractivity contribution in [2.45, 2.75) is 13.3 Å². The smallest absolute Gasteiger partial charge is 0.226 e. The molecule has 0 saturated carbocycles. The second-order valence-electron chi connectivity index (χ2n) is 4.18. The van der Waals surface area contributed by atoms with E-state index < -0.39 is 0 Å². The highest BCUT2D eigenvalue weighted by Crippen LogP contribution is 2.31. The number of nitrogens with zero attached hydrogens (tertiary/aromatic N) is 1. The van der Waals surface area contributed by atoms with Crippen LogP contribution in [0.5, 0.6) is 5.75 Å². The average molecular weight is 276 g/mol. The van der Waals surface area contributed by atoms with Crippen molar-refractivity contribution in [2.75, 3.05) is 14.2 Å². The lowest BCUT2D eigenvalue weighted by Crippen LogP contribution is -2.19. The number of hydrogen-bond acceptors (Lipinski definition) is 4. The molecular weight excluding hydrogens is 260 g/mol. The summed E-state index contributed by atoms with van der Waals surface area (Å²) >= 11 is 1.48. The fourth-order valence-corrected chi connectivity index (χ4v) is 2.54. The molecule has 0 aliphatic carbocycles. The van der Waals surface area contributed by atoms with Gasteiger partial charge in [-0.05, 0) is 24.6 Å². The molecule has 0 aliphatic rings. The largest absolute Gasteiger partial charge is 0.496 e. The van der Waals surface area contributed by atoms with Gasteiger partial charge in [0.2, 0.25) is 5.91 Å². The zero-order chi connectivity index (χ0) is 13.8. The Morgan fingerprint density at radius 2 is 2.26 bits per heavy atom. The van der Waals surface area contributed by atoms with E-state index in [1.165, 1.54) is 11.3 Å². The van der Waals surface area contributed by atoms with E-state index in [-0.39, 0.29) is 5.91 Å². The molecule has 100 valence electrons. The van der Waals surface area contributed by atoms with Crippen LogP contribution in [0.25, 0.3) is 11.3 Å². The number of hydrogen-bond donors (Lipinski definition) is 1. The van der Waals surface area contributed by atoms with Crippen LogP contribution in [-0.4, -0.2) is 25.0 Å². The van der Waals surface area contributed by atoms with E-state index in [4.69, 9.17) is 4.74 Å². The summed E-state index contributed by atoms with van der Waals surface area (Å²) in [5.41, 5.74) is 2.94. The lowest BCUT2D eigenvalue weighted by atomic mass is 10.1. The number of methoxy groups -OCH3 is 1. The normalized spacial score (nSPS) is 10.3. The van der Waals surface area contributed by atoms with Gasteiger partial charge in [-0.3, -0.25) is 4.79 Å². The SMILES string of the molecule is CNC(=O)Cc1nc(-c2ccc(C)cc2OC)cs1. The molecule has 0 aliphatic heterocycles. The second kappa shape index (κ2) is 5.84. The maximum Gasteiger partial charge on any atom is 0.226 e. The molecule has 0 fully saturated rings. The number of aromatic nitrogens is 1. The predicted molar refractivity (Wildman–Crippen MR) is 76.6 cm³/mol. The average Bonchev–Trinajstić information content (AvgIpc) is 2.86. The van der Waals surface area contributed by atoms with E-state index in [1.54, 1.807) is 14.2 Å². The Hall–Kier alpha value is -1.88. The summed E-state index contributed by atoms with van der Waals surface area (Å²) < 4.78 is 5.38. The highest BCUT2D eigenvalue weighted by atomic mass is 32.1. The maximum atomic E-state index is 11.3. The molecular formula is C14H16N2O2S. The van der Waals surface area contributed by atoms with Gasteiger partial charge in [-0.2, -0.15) is 0 Å². The Balaban J connectivity index is 2.30. The Bertz CT molecular complexity index is 593. The lowest BCUT2D eigenvalue weighted by Gasteiger charge is -2.07. The molecule has 0 atom stereocenters. The molecule has 1 aromatic carbocycles. The van der Waals surface area contributed by atoms with Gasteiger partial charge < -0.3 is 10.1 Å². The summed E-state index contributed by atoms with van der Waals surface area (Å²) in [5, 5.41) is 5.35. The lowest BCUT2D eigenvalue weighted by molar-refractivity contribution is -0.119. The summed E-state index contributed by atoms with van der Waals surface area (Å²) in [6.45, 7) is 2.02. The van der Waals surface area contributed by atoms with Crippen molar-refractivity contribution in [2.24, 2.45) is 0 Å². The van der Waals surface area contributed by atoms with Gasteiger partial charge in [0.25, 0.3) is 0 Å². The monoisotopic (exact) mass is 276 g/mol. The number of nitrogens with one attached hydrogen (secondary N) is 1. The van der Waals surface area contributed by atoms with E-state index in [9.17, 15) is 4.79 Å². The summed E-state index contributed by atoms with van der Waals surface area (Å²) in [4.78, 5) is 15.8. The van der Waals surface area contributed by atoms with Crippen molar-refractivity contribution in [3.05, 3.63) is 34.2 Å².